The maximum absolute atomic E-state index is 11.2. The molecule has 0 bridgehead atoms. The van der Waals surface area contributed by atoms with Crippen LogP contribution in [0.4, 0.5) is 0 Å². The first-order valence-electron chi connectivity index (χ1n) is 4.78. The molecule has 0 aliphatic rings. The molecule has 0 saturated heterocycles. The first-order valence-corrected chi connectivity index (χ1v) is 5.92. The third kappa shape index (κ3) is 5.50. The van der Waals surface area contributed by atoms with Crippen molar-refractivity contribution in [3.05, 3.63) is 27.2 Å². The van der Waals surface area contributed by atoms with Crippen molar-refractivity contribution >= 4 is 53.1 Å². The van der Waals surface area contributed by atoms with E-state index in [1.165, 1.54) is 12.1 Å². The van der Waals surface area contributed by atoms with Crippen molar-refractivity contribution in [3.63, 3.8) is 0 Å². The number of carbonyl (C=O) groups is 1. The first-order chi connectivity index (χ1) is 8.04. The van der Waals surface area contributed by atoms with Crippen molar-refractivity contribution in [1.29, 1.82) is 0 Å². The number of halogens is 4. The molecular formula is C10H12Cl4N2O2. The lowest BCUT2D eigenvalue weighted by atomic mass is 10.3. The average Bonchev–Trinajstić information content (AvgIpc) is 2.29. The number of nitrogens with one attached hydrogen (secondary N) is 1. The molecule has 0 atom stereocenters. The first kappa shape index (κ1) is 17.6. The summed E-state index contributed by atoms with van der Waals surface area (Å²) in [5.74, 6) is 0.0292. The smallest absolute Gasteiger partial charge is 0.257 e. The van der Waals surface area contributed by atoms with Crippen molar-refractivity contribution in [2.75, 3.05) is 19.7 Å². The topological polar surface area (TPSA) is 64.3 Å². The third-order valence-corrected chi connectivity index (χ3v) is 2.82. The van der Waals surface area contributed by atoms with Crippen LogP contribution in [0.5, 0.6) is 5.75 Å². The van der Waals surface area contributed by atoms with E-state index in [1.807, 2.05) is 0 Å². The summed E-state index contributed by atoms with van der Waals surface area (Å²) in [5, 5.41) is 3.50. The minimum atomic E-state index is -0.280. The van der Waals surface area contributed by atoms with Gasteiger partial charge in [0, 0.05) is 19.2 Å². The Labute approximate surface area is 126 Å². The Balaban J connectivity index is 0.00000289. The maximum Gasteiger partial charge on any atom is 0.257 e. The second-order valence-corrected chi connectivity index (χ2v) is 4.35. The summed E-state index contributed by atoms with van der Waals surface area (Å²) in [7, 11) is 0. The van der Waals surface area contributed by atoms with Crippen LogP contribution in [0.2, 0.25) is 15.1 Å². The number of amides is 1. The highest BCUT2D eigenvalue weighted by Gasteiger charge is 2.09. The van der Waals surface area contributed by atoms with E-state index in [1.54, 1.807) is 0 Å². The van der Waals surface area contributed by atoms with Gasteiger partial charge in [0.05, 0.1) is 15.1 Å². The summed E-state index contributed by atoms with van der Waals surface area (Å²) in [5.41, 5.74) is 5.24. The van der Waals surface area contributed by atoms with Crippen molar-refractivity contribution in [2.24, 2.45) is 5.73 Å². The van der Waals surface area contributed by atoms with Crippen LogP contribution in [0.25, 0.3) is 0 Å². The predicted molar refractivity (Wildman–Crippen MR) is 76.3 cm³/mol. The molecule has 0 spiro atoms. The molecule has 8 heteroatoms. The van der Waals surface area contributed by atoms with Gasteiger partial charge in [-0.2, -0.15) is 0 Å². The lowest BCUT2D eigenvalue weighted by molar-refractivity contribution is -0.123. The highest BCUT2D eigenvalue weighted by Crippen LogP contribution is 2.33. The van der Waals surface area contributed by atoms with Gasteiger partial charge in [0.1, 0.15) is 5.75 Å². The van der Waals surface area contributed by atoms with Gasteiger partial charge < -0.3 is 15.8 Å². The van der Waals surface area contributed by atoms with E-state index in [0.717, 1.165) is 0 Å². The number of benzene rings is 1. The third-order valence-electron chi connectivity index (χ3n) is 1.80. The molecule has 4 nitrogen and oxygen atoms in total. The zero-order valence-electron chi connectivity index (χ0n) is 9.21. The lowest BCUT2D eigenvalue weighted by Gasteiger charge is -2.09. The standard InChI is InChI=1S/C10H11Cl3N2O2.ClH/c11-6-3-8(13)9(4-7(6)12)17-5-10(16)15-2-1-14;/h3-4H,1-2,5,14H2,(H,15,16);1H. The molecule has 1 rings (SSSR count). The Morgan fingerprint density at radius 1 is 1.22 bits per heavy atom. The fourth-order valence-electron chi connectivity index (χ4n) is 1.02. The van der Waals surface area contributed by atoms with E-state index in [0.29, 0.717) is 33.9 Å². The zero-order chi connectivity index (χ0) is 12.8. The molecule has 0 aliphatic carbocycles. The van der Waals surface area contributed by atoms with Crippen LogP contribution in [0.1, 0.15) is 0 Å². The Morgan fingerprint density at radius 2 is 1.83 bits per heavy atom. The summed E-state index contributed by atoms with van der Waals surface area (Å²) in [4.78, 5) is 11.2. The maximum atomic E-state index is 11.2. The van der Waals surface area contributed by atoms with E-state index < -0.39 is 0 Å². The monoisotopic (exact) mass is 332 g/mol. The molecule has 18 heavy (non-hydrogen) atoms. The van der Waals surface area contributed by atoms with E-state index in [4.69, 9.17) is 45.3 Å². The number of ether oxygens (including phenoxy) is 1. The number of hydrogen-bond acceptors (Lipinski definition) is 3. The minimum Gasteiger partial charge on any atom is -0.482 e. The quantitative estimate of drug-likeness (QED) is 0.814. The fourth-order valence-corrected chi connectivity index (χ4v) is 1.61. The van der Waals surface area contributed by atoms with E-state index >= 15 is 0 Å². The Bertz CT molecular complexity index is 415. The molecule has 0 heterocycles. The summed E-state index contributed by atoms with van der Waals surface area (Å²) in [6, 6.07) is 2.92. The molecule has 0 aromatic heterocycles. The van der Waals surface area contributed by atoms with Crippen molar-refractivity contribution < 1.29 is 9.53 Å². The zero-order valence-corrected chi connectivity index (χ0v) is 12.3. The normalized spacial score (nSPS) is 9.56. The second kappa shape index (κ2) is 8.67. The van der Waals surface area contributed by atoms with Crippen molar-refractivity contribution in [3.8, 4) is 5.75 Å². The summed E-state index contributed by atoms with van der Waals surface area (Å²) in [6.45, 7) is 0.619. The largest absolute Gasteiger partial charge is 0.482 e. The van der Waals surface area contributed by atoms with Crippen molar-refractivity contribution in [2.45, 2.75) is 0 Å². The van der Waals surface area contributed by atoms with Gasteiger partial charge in [-0.15, -0.1) is 12.4 Å². The Morgan fingerprint density at radius 3 is 2.44 bits per heavy atom. The van der Waals surface area contributed by atoms with E-state index in [2.05, 4.69) is 5.32 Å². The van der Waals surface area contributed by atoms with Gasteiger partial charge in [0.25, 0.3) is 5.91 Å². The molecule has 0 aliphatic heterocycles. The minimum absolute atomic E-state index is 0. The SMILES string of the molecule is Cl.NCCNC(=O)COc1cc(Cl)c(Cl)cc1Cl. The van der Waals surface area contributed by atoms with Crippen LogP contribution >= 0.6 is 47.2 Å². The van der Waals surface area contributed by atoms with Crippen LogP contribution in [0, 0.1) is 0 Å². The number of rotatable bonds is 5. The van der Waals surface area contributed by atoms with E-state index in [9.17, 15) is 4.79 Å². The number of nitrogens with two attached hydrogens (primary N) is 1. The van der Waals surface area contributed by atoms with Gasteiger partial charge in [0.2, 0.25) is 0 Å². The molecule has 102 valence electrons. The summed E-state index contributed by atoms with van der Waals surface area (Å²) < 4.78 is 5.20. The van der Waals surface area contributed by atoms with Gasteiger partial charge >= 0.3 is 0 Å². The molecule has 0 radical (unpaired) electrons. The van der Waals surface area contributed by atoms with Gasteiger partial charge in [-0.3, -0.25) is 4.79 Å². The summed E-state index contributed by atoms with van der Waals surface area (Å²) >= 11 is 17.4. The number of carbonyl (C=O) groups excluding carboxylic acids is 1. The molecule has 0 unspecified atom stereocenters. The van der Waals surface area contributed by atoms with E-state index in [-0.39, 0.29) is 24.9 Å². The highest BCUT2D eigenvalue weighted by atomic mass is 35.5. The molecule has 0 saturated carbocycles. The Hall–Kier alpha value is -0.390. The molecule has 1 amide bonds. The summed E-state index contributed by atoms with van der Waals surface area (Å²) in [6.07, 6.45) is 0. The van der Waals surface area contributed by atoms with Crippen molar-refractivity contribution in [1.82, 2.24) is 5.32 Å². The van der Waals surface area contributed by atoms with Crippen LogP contribution in [0.15, 0.2) is 12.1 Å². The second-order valence-electron chi connectivity index (χ2n) is 3.12. The highest BCUT2D eigenvalue weighted by molar-refractivity contribution is 6.43. The molecular weight excluding hydrogens is 322 g/mol. The van der Waals surface area contributed by atoms with Crippen LogP contribution in [-0.4, -0.2) is 25.6 Å². The van der Waals surface area contributed by atoms with Gasteiger partial charge in [-0.05, 0) is 6.07 Å². The van der Waals surface area contributed by atoms with Crippen LogP contribution < -0.4 is 15.8 Å². The molecule has 0 fully saturated rings. The van der Waals surface area contributed by atoms with Gasteiger partial charge in [-0.25, -0.2) is 0 Å². The van der Waals surface area contributed by atoms with Gasteiger partial charge in [-0.1, -0.05) is 34.8 Å². The fraction of sp³-hybridized carbons (Fsp3) is 0.300. The van der Waals surface area contributed by atoms with Crippen LogP contribution in [0.3, 0.4) is 0 Å². The Kier molecular flexibility index (Phi) is 8.48. The van der Waals surface area contributed by atoms with Crippen LogP contribution in [-0.2, 0) is 4.79 Å². The molecule has 1 aromatic rings. The average molecular weight is 334 g/mol. The van der Waals surface area contributed by atoms with Gasteiger partial charge in [0.15, 0.2) is 6.61 Å². The molecule has 3 N–H and O–H groups in total. The predicted octanol–water partition coefficient (Wildman–Crippen LogP) is 2.52. The lowest BCUT2D eigenvalue weighted by Crippen LogP contribution is -2.32. The number of hydrogen-bond donors (Lipinski definition) is 2. The molecule has 1 aromatic carbocycles.